The highest BCUT2D eigenvalue weighted by molar-refractivity contribution is 5.93. The number of rotatable bonds is 2. The lowest BCUT2D eigenvalue weighted by Gasteiger charge is -2.27. The molecular formula is C20H22N6O. The first kappa shape index (κ1) is 16.2. The molecule has 1 aromatic carbocycles. The standard InChI is InChI=1S/C20H22N6O/c1-13-10-17(23-24(13)2)20(27)26-15-8-9-16(26)12-25-18(11-15)21-22-19(25)14-6-4-3-5-7-14/h3-7,10,15-16H,8-9,11-12H2,1-2H3. The van der Waals surface area contributed by atoms with Crippen molar-refractivity contribution >= 4 is 5.91 Å². The Hall–Kier alpha value is -2.96. The van der Waals surface area contributed by atoms with Gasteiger partial charge in [0.1, 0.15) is 5.82 Å². The van der Waals surface area contributed by atoms with Gasteiger partial charge in [-0.2, -0.15) is 5.10 Å². The van der Waals surface area contributed by atoms with E-state index in [4.69, 9.17) is 0 Å². The fraction of sp³-hybridized carbons (Fsp3) is 0.400. The summed E-state index contributed by atoms with van der Waals surface area (Å²) in [4.78, 5) is 15.3. The van der Waals surface area contributed by atoms with Crippen LogP contribution < -0.4 is 0 Å². The van der Waals surface area contributed by atoms with Gasteiger partial charge >= 0.3 is 0 Å². The minimum absolute atomic E-state index is 0.0335. The molecule has 1 fully saturated rings. The zero-order chi connectivity index (χ0) is 18.5. The lowest BCUT2D eigenvalue weighted by Crippen LogP contribution is -2.42. The van der Waals surface area contributed by atoms with E-state index in [-0.39, 0.29) is 18.0 Å². The van der Waals surface area contributed by atoms with Crippen LogP contribution in [0, 0.1) is 6.92 Å². The Morgan fingerprint density at radius 3 is 2.63 bits per heavy atom. The molecule has 138 valence electrons. The maximum atomic E-state index is 13.2. The number of amides is 1. The molecule has 3 aromatic rings. The quantitative estimate of drug-likeness (QED) is 0.701. The third kappa shape index (κ3) is 2.57. The third-order valence-electron chi connectivity index (χ3n) is 5.86. The molecule has 2 atom stereocenters. The summed E-state index contributed by atoms with van der Waals surface area (Å²) in [5.41, 5.74) is 2.59. The second kappa shape index (κ2) is 6.04. The molecule has 7 nitrogen and oxygen atoms in total. The van der Waals surface area contributed by atoms with Gasteiger partial charge in [-0.3, -0.25) is 9.48 Å². The van der Waals surface area contributed by atoms with Crippen molar-refractivity contribution in [1.29, 1.82) is 0 Å². The predicted molar refractivity (Wildman–Crippen MR) is 100 cm³/mol. The molecule has 1 amide bonds. The summed E-state index contributed by atoms with van der Waals surface area (Å²) in [5.74, 6) is 1.89. The van der Waals surface area contributed by atoms with Crippen molar-refractivity contribution in [3.05, 3.63) is 53.6 Å². The molecule has 0 radical (unpaired) electrons. The first-order valence-corrected chi connectivity index (χ1v) is 9.42. The largest absolute Gasteiger partial charge is 0.329 e. The number of hydrogen-bond acceptors (Lipinski definition) is 4. The van der Waals surface area contributed by atoms with Gasteiger partial charge in [0.15, 0.2) is 11.5 Å². The van der Waals surface area contributed by atoms with Gasteiger partial charge in [-0.1, -0.05) is 30.3 Å². The van der Waals surface area contributed by atoms with Crippen LogP contribution in [-0.2, 0) is 20.0 Å². The summed E-state index contributed by atoms with van der Waals surface area (Å²) in [6, 6.07) is 12.3. The van der Waals surface area contributed by atoms with Gasteiger partial charge in [-0.05, 0) is 25.8 Å². The third-order valence-corrected chi connectivity index (χ3v) is 5.86. The number of hydrogen-bond donors (Lipinski definition) is 0. The van der Waals surface area contributed by atoms with E-state index in [1.165, 1.54) is 0 Å². The minimum atomic E-state index is 0.0335. The number of carbonyl (C=O) groups is 1. The zero-order valence-electron chi connectivity index (χ0n) is 15.5. The van der Waals surface area contributed by atoms with Gasteiger partial charge in [0.05, 0.1) is 6.04 Å². The van der Waals surface area contributed by atoms with E-state index in [0.717, 1.165) is 48.7 Å². The average Bonchev–Trinajstić information content (AvgIpc) is 3.31. The van der Waals surface area contributed by atoms with Crippen LogP contribution in [0.25, 0.3) is 11.4 Å². The van der Waals surface area contributed by atoms with E-state index in [9.17, 15) is 4.79 Å². The molecule has 2 bridgehead atoms. The average molecular weight is 362 g/mol. The predicted octanol–water partition coefficient (Wildman–Crippen LogP) is 2.22. The second-order valence-corrected chi connectivity index (χ2v) is 7.51. The normalized spacial score (nSPS) is 21.2. The molecule has 5 rings (SSSR count). The molecule has 4 heterocycles. The van der Waals surface area contributed by atoms with Crippen molar-refractivity contribution in [3.8, 4) is 11.4 Å². The van der Waals surface area contributed by atoms with Crippen molar-refractivity contribution < 1.29 is 4.79 Å². The van der Waals surface area contributed by atoms with E-state index in [2.05, 4.69) is 32.0 Å². The number of aryl methyl sites for hydroxylation is 2. The van der Waals surface area contributed by atoms with Crippen LogP contribution in [0.4, 0.5) is 0 Å². The van der Waals surface area contributed by atoms with Crippen molar-refractivity contribution in [2.45, 2.75) is 44.8 Å². The van der Waals surface area contributed by atoms with Gasteiger partial charge in [0, 0.05) is 37.3 Å². The van der Waals surface area contributed by atoms with Gasteiger partial charge in [0.2, 0.25) is 0 Å². The highest BCUT2D eigenvalue weighted by Gasteiger charge is 2.42. The molecule has 2 unspecified atom stereocenters. The Balaban J connectivity index is 1.49. The fourth-order valence-electron chi connectivity index (χ4n) is 4.37. The molecule has 2 aliphatic rings. The van der Waals surface area contributed by atoms with Gasteiger partial charge in [0.25, 0.3) is 5.91 Å². The van der Waals surface area contributed by atoms with Gasteiger partial charge in [-0.15, -0.1) is 10.2 Å². The molecule has 1 saturated heterocycles. The summed E-state index contributed by atoms with van der Waals surface area (Å²) in [6.07, 6.45) is 2.76. The topological polar surface area (TPSA) is 68.8 Å². The lowest BCUT2D eigenvalue weighted by molar-refractivity contribution is 0.0659. The summed E-state index contributed by atoms with van der Waals surface area (Å²) < 4.78 is 3.96. The Morgan fingerprint density at radius 2 is 1.89 bits per heavy atom. The molecule has 0 N–H and O–H groups in total. The van der Waals surface area contributed by atoms with Gasteiger partial charge < -0.3 is 9.47 Å². The zero-order valence-corrected chi connectivity index (χ0v) is 15.5. The molecule has 2 aromatic heterocycles. The van der Waals surface area contributed by atoms with Crippen molar-refractivity contribution in [3.63, 3.8) is 0 Å². The number of benzene rings is 1. The monoisotopic (exact) mass is 362 g/mol. The molecule has 27 heavy (non-hydrogen) atoms. The maximum absolute atomic E-state index is 13.2. The van der Waals surface area contributed by atoms with Gasteiger partial charge in [-0.25, -0.2) is 0 Å². The molecule has 7 heteroatoms. The summed E-state index contributed by atoms with van der Waals surface area (Å²) in [5, 5.41) is 13.3. The van der Waals surface area contributed by atoms with E-state index < -0.39 is 0 Å². The van der Waals surface area contributed by atoms with Crippen molar-refractivity contribution in [1.82, 2.24) is 29.4 Å². The number of nitrogens with zero attached hydrogens (tertiary/aromatic N) is 6. The van der Waals surface area contributed by atoms with Crippen LogP contribution in [0.1, 0.15) is 34.8 Å². The Labute approximate surface area is 157 Å². The van der Waals surface area contributed by atoms with Crippen molar-refractivity contribution in [2.24, 2.45) is 7.05 Å². The number of aromatic nitrogens is 5. The fourth-order valence-corrected chi connectivity index (χ4v) is 4.37. The van der Waals surface area contributed by atoms with E-state index in [0.29, 0.717) is 5.69 Å². The molecular weight excluding hydrogens is 340 g/mol. The highest BCUT2D eigenvalue weighted by Crippen LogP contribution is 2.34. The smallest absolute Gasteiger partial charge is 0.274 e. The van der Waals surface area contributed by atoms with Crippen LogP contribution in [0.5, 0.6) is 0 Å². The summed E-state index contributed by atoms with van der Waals surface area (Å²) >= 11 is 0. The number of carbonyl (C=O) groups excluding carboxylic acids is 1. The highest BCUT2D eigenvalue weighted by atomic mass is 16.2. The van der Waals surface area contributed by atoms with Crippen LogP contribution >= 0.6 is 0 Å². The number of fused-ring (bicyclic) bond motifs is 3. The minimum Gasteiger partial charge on any atom is -0.329 e. The molecule has 0 spiro atoms. The lowest BCUT2D eigenvalue weighted by atomic mass is 10.1. The SMILES string of the molecule is Cc1cc(C(=O)N2C3CCC2Cn2c(nnc2-c2ccccc2)C3)nn1C. The van der Waals surface area contributed by atoms with E-state index in [1.807, 2.05) is 43.1 Å². The van der Waals surface area contributed by atoms with E-state index >= 15 is 0 Å². The van der Waals surface area contributed by atoms with Crippen LogP contribution in [-0.4, -0.2) is 47.4 Å². The van der Waals surface area contributed by atoms with Crippen molar-refractivity contribution in [2.75, 3.05) is 0 Å². The van der Waals surface area contributed by atoms with E-state index in [1.54, 1.807) is 4.68 Å². The Kier molecular flexibility index (Phi) is 3.63. The van der Waals surface area contributed by atoms with Crippen LogP contribution in [0.15, 0.2) is 36.4 Å². The first-order chi connectivity index (χ1) is 13.1. The molecule has 2 aliphatic heterocycles. The molecule has 0 aliphatic carbocycles. The molecule has 0 saturated carbocycles. The Morgan fingerprint density at radius 1 is 1.11 bits per heavy atom. The first-order valence-electron chi connectivity index (χ1n) is 9.42. The second-order valence-electron chi connectivity index (χ2n) is 7.51. The summed E-state index contributed by atoms with van der Waals surface area (Å²) in [7, 11) is 1.87. The van der Waals surface area contributed by atoms with Crippen LogP contribution in [0.3, 0.4) is 0 Å². The maximum Gasteiger partial charge on any atom is 0.274 e. The summed E-state index contributed by atoms with van der Waals surface area (Å²) in [6.45, 7) is 2.70. The van der Waals surface area contributed by atoms with Crippen LogP contribution in [0.2, 0.25) is 0 Å². The Bertz CT molecular complexity index is 985.